The fourth-order valence-corrected chi connectivity index (χ4v) is 1.13. The van der Waals surface area contributed by atoms with Crippen molar-refractivity contribution in [1.29, 1.82) is 0 Å². The van der Waals surface area contributed by atoms with Crippen molar-refractivity contribution in [1.82, 2.24) is 0 Å². The van der Waals surface area contributed by atoms with Gasteiger partial charge in [0.15, 0.2) is 5.60 Å². The second-order valence-electron chi connectivity index (χ2n) is 4.33. The monoisotopic (exact) mass is 252 g/mol. The average Bonchev–Trinajstić information content (AvgIpc) is 2.14. The van der Waals surface area contributed by atoms with Gasteiger partial charge >= 0.3 is 6.18 Å². The van der Waals surface area contributed by atoms with Crippen molar-refractivity contribution in [2.45, 2.75) is 51.5 Å². The Hall–Kier alpha value is -0.970. The molecule has 0 bridgehead atoms. The molecule has 0 saturated heterocycles. The van der Waals surface area contributed by atoms with Crippen LogP contribution in [-0.2, 0) is 4.74 Å². The molecule has 0 aromatic rings. The molecule has 5 heteroatoms. The highest BCUT2D eigenvalue weighted by molar-refractivity contribution is 5.16. The SMILES string of the molecule is C=C(C)C(=C)OC(CC)CC(C)(O)C(F)(F)F. The molecule has 2 nitrogen and oxygen atoms in total. The number of rotatable bonds is 6. The maximum Gasteiger partial charge on any atom is 0.417 e. The number of halogens is 3. The van der Waals surface area contributed by atoms with Gasteiger partial charge in [-0.1, -0.05) is 20.1 Å². The van der Waals surface area contributed by atoms with Crippen molar-refractivity contribution >= 4 is 0 Å². The molecule has 0 aliphatic heterocycles. The molecular weight excluding hydrogens is 233 g/mol. The molecule has 0 fully saturated rings. The van der Waals surface area contributed by atoms with Gasteiger partial charge in [-0.05, 0) is 25.8 Å². The van der Waals surface area contributed by atoms with Crippen molar-refractivity contribution in [3.05, 3.63) is 24.5 Å². The van der Waals surface area contributed by atoms with Crippen LogP contribution in [0.15, 0.2) is 24.5 Å². The third kappa shape index (κ3) is 4.81. The molecule has 0 heterocycles. The lowest BCUT2D eigenvalue weighted by atomic mass is 9.96. The number of hydrogen-bond donors (Lipinski definition) is 1. The average molecular weight is 252 g/mol. The molecule has 100 valence electrons. The third-order valence-electron chi connectivity index (χ3n) is 2.48. The topological polar surface area (TPSA) is 29.5 Å². The van der Waals surface area contributed by atoms with Gasteiger partial charge < -0.3 is 9.84 Å². The zero-order chi connectivity index (χ0) is 13.9. The summed E-state index contributed by atoms with van der Waals surface area (Å²) in [4.78, 5) is 0. The zero-order valence-corrected chi connectivity index (χ0v) is 10.4. The summed E-state index contributed by atoms with van der Waals surface area (Å²) in [5.74, 6) is 0.245. The molecule has 0 amide bonds. The van der Waals surface area contributed by atoms with E-state index in [2.05, 4.69) is 13.2 Å². The zero-order valence-electron chi connectivity index (χ0n) is 10.4. The molecular formula is C12H19F3O2. The van der Waals surface area contributed by atoms with E-state index in [4.69, 9.17) is 4.74 Å². The summed E-state index contributed by atoms with van der Waals surface area (Å²) in [7, 11) is 0. The van der Waals surface area contributed by atoms with Gasteiger partial charge in [-0.15, -0.1) is 0 Å². The minimum atomic E-state index is -4.67. The molecule has 0 rings (SSSR count). The maximum atomic E-state index is 12.5. The number of allylic oxidation sites excluding steroid dienone is 1. The quantitative estimate of drug-likeness (QED) is 0.578. The Kier molecular flexibility index (Phi) is 5.26. The molecule has 2 atom stereocenters. The van der Waals surface area contributed by atoms with Gasteiger partial charge in [-0.25, -0.2) is 0 Å². The van der Waals surface area contributed by atoms with E-state index >= 15 is 0 Å². The standard InChI is InChI=1S/C12H19F3O2/c1-6-10(17-9(4)8(2)3)7-11(5,16)12(13,14)15/h10,16H,2,4,6-7H2,1,3,5H3. The van der Waals surface area contributed by atoms with E-state index in [1.165, 1.54) is 0 Å². The summed E-state index contributed by atoms with van der Waals surface area (Å²) < 4.78 is 42.7. The van der Waals surface area contributed by atoms with E-state index in [0.29, 0.717) is 12.0 Å². The normalized spacial score (nSPS) is 17.1. The lowest BCUT2D eigenvalue weighted by Gasteiger charge is -2.30. The number of hydrogen-bond acceptors (Lipinski definition) is 2. The first-order valence-corrected chi connectivity index (χ1v) is 5.31. The van der Waals surface area contributed by atoms with Crippen molar-refractivity contribution in [2.24, 2.45) is 0 Å². The molecule has 1 N–H and O–H groups in total. The Bertz CT molecular complexity index is 293. The minimum Gasteiger partial charge on any atom is -0.491 e. The van der Waals surface area contributed by atoms with Crippen molar-refractivity contribution < 1.29 is 23.0 Å². The predicted octanol–water partition coefficient (Wildman–Crippen LogP) is 3.57. The highest BCUT2D eigenvalue weighted by Crippen LogP contribution is 2.35. The first-order chi connectivity index (χ1) is 7.51. The lowest BCUT2D eigenvalue weighted by molar-refractivity contribution is -0.261. The summed E-state index contributed by atoms with van der Waals surface area (Å²) in [5.41, 5.74) is -2.21. The second-order valence-corrected chi connectivity index (χ2v) is 4.33. The minimum absolute atomic E-state index is 0.245. The molecule has 0 aromatic heterocycles. The summed E-state index contributed by atoms with van der Waals surface area (Å²) in [6.07, 6.45) is -5.59. The smallest absolute Gasteiger partial charge is 0.417 e. The predicted molar refractivity (Wildman–Crippen MR) is 60.4 cm³/mol. The van der Waals surface area contributed by atoms with Crippen molar-refractivity contribution in [3.8, 4) is 0 Å². The Morgan fingerprint density at radius 1 is 1.35 bits per heavy atom. The van der Waals surface area contributed by atoms with Crippen LogP contribution in [0.25, 0.3) is 0 Å². The largest absolute Gasteiger partial charge is 0.491 e. The summed E-state index contributed by atoms with van der Waals surface area (Å²) >= 11 is 0. The molecule has 2 unspecified atom stereocenters. The maximum absolute atomic E-state index is 12.5. The van der Waals surface area contributed by atoms with Crippen LogP contribution >= 0.6 is 0 Å². The molecule has 0 radical (unpaired) electrons. The van der Waals surface area contributed by atoms with Gasteiger partial charge in [0.2, 0.25) is 0 Å². The number of aliphatic hydroxyl groups is 1. The van der Waals surface area contributed by atoms with Crippen LogP contribution in [0.5, 0.6) is 0 Å². The van der Waals surface area contributed by atoms with Crippen molar-refractivity contribution in [3.63, 3.8) is 0 Å². The van der Waals surface area contributed by atoms with Gasteiger partial charge in [0.05, 0.1) is 0 Å². The molecule has 0 aliphatic rings. The van der Waals surface area contributed by atoms with E-state index in [1.54, 1.807) is 13.8 Å². The Morgan fingerprint density at radius 3 is 2.12 bits per heavy atom. The number of alkyl halides is 3. The molecule has 0 saturated carbocycles. The highest BCUT2D eigenvalue weighted by Gasteiger charge is 2.50. The van der Waals surface area contributed by atoms with Crippen molar-refractivity contribution in [2.75, 3.05) is 0 Å². The summed E-state index contributed by atoms with van der Waals surface area (Å²) in [6.45, 7) is 11.2. The Morgan fingerprint density at radius 2 is 1.82 bits per heavy atom. The van der Waals surface area contributed by atoms with Crippen LogP contribution in [-0.4, -0.2) is 23.0 Å². The van der Waals surface area contributed by atoms with E-state index < -0.39 is 24.3 Å². The van der Waals surface area contributed by atoms with Gasteiger partial charge in [0.1, 0.15) is 11.9 Å². The first-order valence-electron chi connectivity index (χ1n) is 5.31. The van der Waals surface area contributed by atoms with Crippen LogP contribution in [0.3, 0.4) is 0 Å². The van der Waals surface area contributed by atoms with Gasteiger partial charge in [0, 0.05) is 6.42 Å². The van der Waals surface area contributed by atoms with Gasteiger partial charge in [-0.3, -0.25) is 0 Å². The van der Waals surface area contributed by atoms with E-state index in [0.717, 1.165) is 6.92 Å². The van der Waals surface area contributed by atoms with Crippen LogP contribution in [0.2, 0.25) is 0 Å². The molecule has 17 heavy (non-hydrogen) atoms. The van der Waals surface area contributed by atoms with Gasteiger partial charge in [0.25, 0.3) is 0 Å². The van der Waals surface area contributed by atoms with E-state index in [-0.39, 0.29) is 5.76 Å². The lowest BCUT2D eigenvalue weighted by Crippen LogP contribution is -2.45. The highest BCUT2D eigenvalue weighted by atomic mass is 19.4. The van der Waals surface area contributed by atoms with Crippen LogP contribution in [0.1, 0.15) is 33.6 Å². The third-order valence-corrected chi connectivity index (χ3v) is 2.48. The summed E-state index contributed by atoms with van der Waals surface area (Å²) in [6, 6.07) is 0. The van der Waals surface area contributed by atoms with Gasteiger partial charge in [-0.2, -0.15) is 13.2 Å². The Balaban J connectivity index is 4.62. The summed E-state index contributed by atoms with van der Waals surface area (Å²) in [5, 5.41) is 9.35. The van der Waals surface area contributed by atoms with E-state index in [1.807, 2.05) is 0 Å². The fourth-order valence-electron chi connectivity index (χ4n) is 1.13. The number of ether oxygens (including phenoxy) is 1. The van der Waals surface area contributed by atoms with Crippen LogP contribution in [0.4, 0.5) is 13.2 Å². The Labute approximate surface area is 99.8 Å². The van der Waals surface area contributed by atoms with Crippen LogP contribution in [0, 0.1) is 0 Å². The molecule has 0 aromatic carbocycles. The van der Waals surface area contributed by atoms with Crippen LogP contribution < -0.4 is 0 Å². The molecule has 0 aliphatic carbocycles. The first kappa shape index (κ1) is 16.0. The second kappa shape index (κ2) is 5.58. The molecule has 0 spiro atoms. The van der Waals surface area contributed by atoms with E-state index in [9.17, 15) is 18.3 Å². The fraction of sp³-hybridized carbons (Fsp3) is 0.667.